The lowest BCUT2D eigenvalue weighted by atomic mass is 9.99. The first-order valence-electron chi connectivity index (χ1n) is 42.9. The van der Waals surface area contributed by atoms with E-state index in [1.165, 1.54) is 244 Å². The number of aliphatic hydroxyl groups is 1. The molecule has 0 bridgehead atoms. The number of hydrogen-bond donors (Lipinski definition) is 3. The molecule has 0 aliphatic heterocycles. The highest BCUT2D eigenvalue weighted by atomic mass is 31.2. The van der Waals surface area contributed by atoms with Crippen LogP contribution in [0.15, 0.2) is 0 Å². The predicted octanol–water partition coefficient (Wildman–Crippen LogP) is 24.9. The maximum atomic E-state index is 13.1. The Morgan fingerprint density at radius 3 is 0.745 bits per heavy atom. The highest BCUT2D eigenvalue weighted by Gasteiger charge is 2.30. The van der Waals surface area contributed by atoms with Crippen LogP contribution in [0.25, 0.3) is 0 Å². The summed E-state index contributed by atoms with van der Waals surface area (Å²) in [6, 6.07) is 0. The number of carbonyl (C=O) groups excluding carboxylic acids is 4. The predicted molar refractivity (Wildman–Crippen MR) is 418 cm³/mol. The van der Waals surface area contributed by atoms with Gasteiger partial charge in [-0.25, -0.2) is 9.13 Å². The van der Waals surface area contributed by atoms with Crippen LogP contribution in [0.5, 0.6) is 0 Å². The van der Waals surface area contributed by atoms with Gasteiger partial charge in [-0.1, -0.05) is 382 Å². The van der Waals surface area contributed by atoms with E-state index in [2.05, 4.69) is 48.5 Å². The molecular weight excluding hydrogens is 1330 g/mol. The summed E-state index contributed by atoms with van der Waals surface area (Å²) in [4.78, 5) is 73.1. The van der Waals surface area contributed by atoms with Crippen LogP contribution in [0.1, 0.15) is 434 Å². The van der Waals surface area contributed by atoms with Gasteiger partial charge in [0.25, 0.3) is 0 Å². The Balaban J connectivity index is 5.22. The molecule has 3 N–H and O–H groups in total. The molecule has 17 nitrogen and oxygen atoms in total. The van der Waals surface area contributed by atoms with Crippen LogP contribution in [-0.2, 0) is 65.4 Å². The zero-order valence-electron chi connectivity index (χ0n) is 67.1. The standard InChI is InChI=1S/C83H162O17P2/c1-8-11-12-13-14-15-28-35-43-50-57-64-80(85)93-71-79(100-83(88)67-60-53-46-39-38-42-49-56-63-76(7)10-3)73-98-102(91,92)96-69-77(84)68-95-101(89,90)97-72-78(70-94-81(86)65-58-51-44-36-31-26-23-22-24-29-33-40-47-54-61-74(4)5)99-82(87)66-59-52-45-37-32-27-21-19-17-16-18-20-25-30-34-41-48-55-62-75(6)9-2/h74-79,84H,8-73H2,1-7H3,(H,89,90)(H,91,92)/t75?,76?,77-,78-,79-/m1/s1. The first-order valence-corrected chi connectivity index (χ1v) is 45.9. The van der Waals surface area contributed by atoms with Gasteiger partial charge in [0.15, 0.2) is 12.2 Å². The van der Waals surface area contributed by atoms with Crippen LogP contribution >= 0.6 is 15.6 Å². The van der Waals surface area contributed by atoms with Gasteiger partial charge in [-0.05, 0) is 43.4 Å². The maximum Gasteiger partial charge on any atom is 0.472 e. The van der Waals surface area contributed by atoms with Gasteiger partial charge in [-0.2, -0.15) is 0 Å². The molecule has 0 spiro atoms. The Labute approximate surface area is 626 Å². The van der Waals surface area contributed by atoms with E-state index in [-0.39, 0.29) is 25.7 Å². The third kappa shape index (κ3) is 73.6. The van der Waals surface area contributed by atoms with E-state index >= 15 is 0 Å². The number of hydrogen-bond acceptors (Lipinski definition) is 15. The Kier molecular flexibility index (Phi) is 71.8. The summed E-state index contributed by atoms with van der Waals surface area (Å²) in [6.45, 7) is 12.0. The largest absolute Gasteiger partial charge is 0.472 e. The Bertz CT molecular complexity index is 1980. The number of carbonyl (C=O) groups is 4. The van der Waals surface area contributed by atoms with E-state index in [4.69, 9.17) is 37.0 Å². The third-order valence-corrected chi connectivity index (χ3v) is 22.0. The minimum absolute atomic E-state index is 0.105. The second kappa shape index (κ2) is 73.2. The molecule has 0 saturated heterocycles. The molecule has 0 aromatic carbocycles. The molecule has 606 valence electrons. The average Bonchev–Trinajstić information content (AvgIpc) is 0.908. The number of unbranched alkanes of at least 4 members (excludes halogenated alkanes) is 47. The summed E-state index contributed by atoms with van der Waals surface area (Å²) in [5, 5.41) is 10.6. The molecule has 102 heavy (non-hydrogen) atoms. The summed E-state index contributed by atoms with van der Waals surface area (Å²) >= 11 is 0. The monoisotopic (exact) mass is 1490 g/mol. The van der Waals surface area contributed by atoms with Crippen LogP contribution in [-0.4, -0.2) is 96.7 Å². The molecule has 0 radical (unpaired) electrons. The zero-order chi connectivity index (χ0) is 75.1. The van der Waals surface area contributed by atoms with Gasteiger partial charge in [0.1, 0.15) is 19.3 Å². The summed E-state index contributed by atoms with van der Waals surface area (Å²) < 4.78 is 68.8. The van der Waals surface area contributed by atoms with Crippen molar-refractivity contribution in [2.24, 2.45) is 17.8 Å². The zero-order valence-corrected chi connectivity index (χ0v) is 68.9. The molecule has 0 aromatic heterocycles. The topological polar surface area (TPSA) is 237 Å². The van der Waals surface area contributed by atoms with E-state index in [1.54, 1.807) is 0 Å². The van der Waals surface area contributed by atoms with Gasteiger partial charge in [0.2, 0.25) is 0 Å². The summed E-state index contributed by atoms with van der Waals surface area (Å²) in [7, 11) is -9.92. The van der Waals surface area contributed by atoms with Crippen molar-refractivity contribution < 1.29 is 80.2 Å². The maximum absolute atomic E-state index is 13.1. The molecular formula is C83H162O17P2. The fraction of sp³-hybridized carbons (Fsp3) is 0.952. The molecule has 0 saturated carbocycles. The molecule has 0 amide bonds. The first-order chi connectivity index (χ1) is 49.3. The van der Waals surface area contributed by atoms with Crippen molar-refractivity contribution in [1.82, 2.24) is 0 Å². The van der Waals surface area contributed by atoms with Crippen LogP contribution < -0.4 is 0 Å². The average molecular weight is 1490 g/mol. The summed E-state index contributed by atoms with van der Waals surface area (Å²) in [6.07, 6.45) is 62.4. The lowest BCUT2D eigenvalue weighted by molar-refractivity contribution is -0.161. The summed E-state index contributed by atoms with van der Waals surface area (Å²) in [5.74, 6) is 0.330. The van der Waals surface area contributed by atoms with E-state index in [0.717, 1.165) is 108 Å². The van der Waals surface area contributed by atoms with Gasteiger partial charge in [0, 0.05) is 25.7 Å². The molecule has 4 unspecified atom stereocenters. The van der Waals surface area contributed by atoms with Crippen molar-refractivity contribution >= 4 is 39.5 Å². The lowest BCUT2D eigenvalue weighted by Crippen LogP contribution is -2.30. The van der Waals surface area contributed by atoms with Crippen LogP contribution in [0.3, 0.4) is 0 Å². The molecule has 0 heterocycles. The number of ether oxygens (including phenoxy) is 4. The molecule has 7 atom stereocenters. The smallest absolute Gasteiger partial charge is 0.462 e. The van der Waals surface area contributed by atoms with Crippen molar-refractivity contribution in [2.75, 3.05) is 39.6 Å². The van der Waals surface area contributed by atoms with Crippen molar-refractivity contribution in [3.05, 3.63) is 0 Å². The SMILES string of the molecule is CCCCCCCCCCCCCC(=O)OC[C@H](COP(=O)(O)OC[C@H](O)COP(=O)(O)OC[C@@H](COC(=O)CCCCCCCCCCCCCCCCC(C)C)OC(=O)CCCCCCCCCCCCCCCCCCCCC(C)CC)OC(=O)CCCCCCCCCCC(C)CC. The summed E-state index contributed by atoms with van der Waals surface area (Å²) in [5.41, 5.74) is 0. The fourth-order valence-electron chi connectivity index (χ4n) is 12.8. The van der Waals surface area contributed by atoms with Crippen LogP contribution in [0, 0.1) is 17.8 Å². The first kappa shape index (κ1) is 100. The van der Waals surface area contributed by atoms with E-state index in [0.29, 0.717) is 25.7 Å². The van der Waals surface area contributed by atoms with Crippen molar-refractivity contribution in [3.8, 4) is 0 Å². The molecule has 0 aromatic rings. The minimum Gasteiger partial charge on any atom is -0.462 e. The van der Waals surface area contributed by atoms with Gasteiger partial charge >= 0.3 is 39.5 Å². The molecule has 0 aliphatic carbocycles. The van der Waals surface area contributed by atoms with E-state index in [1.807, 2.05) is 0 Å². The van der Waals surface area contributed by atoms with Gasteiger partial charge < -0.3 is 33.8 Å². The molecule has 19 heteroatoms. The molecule has 0 fully saturated rings. The Morgan fingerprint density at radius 2 is 0.500 bits per heavy atom. The minimum atomic E-state index is -4.96. The molecule has 0 rings (SSSR count). The molecule has 0 aliphatic rings. The van der Waals surface area contributed by atoms with Gasteiger partial charge in [0.05, 0.1) is 26.4 Å². The Hall–Kier alpha value is -1.94. The highest BCUT2D eigenvalue weighted by molar-refractivity contribution is 7.47. The number of phosphoric acid groups is 2. The third-order valence-electron chi connectivity index (χ3n) is 20.1. The van der Waals surface area contributed by atoms with E-state index < -0.39 is 97.5 Å². The van der Waals surface area contributed by atoms with Crippen LogP contribution in [0.2, 0.25) is 0 Å². The fourth-order valence-corrected chi connectivity index (χ4v) is 14.4. The van der Waals surface area contributed by atoms with E-state index in [9.17, 15) is 43.2 Å². The number of aliphatic hydroxyl groups excluding tert-OH is 1. The number of esters is 4. The quantitative estimate of drug-likeness (QED) is 0.0222. The number of rotatable bonds is 81. The van der Waals surface area contributed by atoms with Gasteiger partial charge in [-0.15, -0.1) is 0 Å². The second-order valence-electron chi connectivity index (χ2n) is 30.8. The van der Waals surface area contributed by atoms with Crippen molar-refractivity contribution in [1.29, 1.82) is 0 Å². The van der Waals surface area contributed by atoms with Crippen LogP contribution in [0.4, 0.5) is 0 Å². The van der Waals surface area contributed by atoms with Crippen molar-refractivity contribution in [2.45, 2.75) is 452 Å². The Morgan fingerprint density at radius 1 is 0.284 bits per heavy atom. The lowest BCUT2D eigenvalue weighted by Gasteiger charge is -2.21. The van der Waals surface area contributed by atoms with Crippen molar-refractivity contribution in [3.63, 3.8) is 0 Å². The number of phosphoric ester groups is 2. The van der Waals surface area contributed by atoms with Gasteiger partial charge in [-0.3, -0.25) is 37.3 Å². The normalized spacial score (nSPS) is 14.5. The second-order valence-corrected chi connectivity index (χ2v) is 33.7. The highest BCUT2D eigenvalue weighted by Crippen LogP contribution is 2.45.